The number of rotatable bonds is 6. The highest BCUT2D eigenvalue weighted by atomic mass is 16.2. The Kier molecular flexibility index (Phi) is 5.48. The molecule has 0 saturated carbocycles. The molecule has 1 aliphatic heterocycles. The van der Waals surface area contributed by atoms with Gasteiger partial charge in [0, 0.05) is 13.1 Å². The number of carbonyl (C=O) groups excluding carboxylic acids is 1. The molecular formula is C19H26N4O2. The van der Waals surface area contributed by atoms with Gasteiger partial charge in [0.05, 0.1) is 10.9 Å². The van der Waals surface area contributed by atoms with Crippen molar-refractivity contribution >= 4 is 16.8 Å². The zero-order valence-corrected chi connectivity index (χ0v) is 15.0. The summed E-state index contributed by atoms with van der Waals surface area (Å²) in [5, 5.41) is 3.50. The third-order valence-corrected chi connectivity index (χ3v) is 4.77. The second-order valence-electron chi connectivity index (χ2n) is 6.98. The van der Waals surface area contributed by atoms with Crippen LogP contribution in [0.5, 0.6) is 0 Å². The van der Waals surface area contributed by atoms with Crippen molar-refractivity contribution in [3.05, 3.63) is 40.4 Å². The van der Waals surface area contributed by atoms with Gasteiger partial charge in [0.15, 0.2) is 0 Å². The van der Waals surface area contributed by atoms with Gasteiger partial charge < -0.3 is 10.2 Å². The lowest BCUT2D eigenvalue weighted by molar-refractivity contribution is -0.121. The number of hydrogen-bond acceptors (Lipinski definition) is 4. The Morgan fingerprint density at radius 3 is 2.76 bits per heavy atom. The van der Waals surface area contributed by atoms with E-state index in [1.165, 1.54) is 17.4 Å². The molecule has 1 amide bonds. The van der Waals surface area contributed by atoms with Crippen molar-refractivity contribution in [3.63, 3.8) is 0 Å². The predicted molar refractivity (Wildman–Crippen MR) is 98.6 cm³/mol. The first-order valence-corrected chi connectivity index (χ1v) is 9.00. The van der Waals surface area contributed by atoms with Crippen molar-refractivity contribution in [1.29, 1.82) is 0 Å². The number of para-hydroxylation sites is 1. The van der Waals surface area contributed by atoms with Gasteiger partial charge >= 0.3 is 0 Å². The van der Waals surface area contributed by atoms with E-state index in [4.69, 9.17) is 0 Å². The van der Waals surface area contributed by atoms with Crippen LogP contribution in [0.2, 0.25) is 0 Å². The number of fused-ring (bicyclic) bond motifs is 1. The fourth-order valence-corrected chi connectivity index (χ4v) is 3.42. The molecule has 25 heavy (non-hydrogen) atoms. The molecule has 2 aromatic rings. The zero-order chi connectivity index (χ0) is 17.8. The van der Waals surface area contributed by atoms with Crippen molar-refractivity contribution in [2.45, 2.75) is 33.2 Å². The van der Waals surface area contributed by atoms with E-state index in [2.05, 4.69) is 22.1 Å². The molecule has 1 saturated heterocycles. The van der Waals surface area contributed by atoms with Gasteiger partial charge in [-0.25, -0.2) is 4.98 Å². The number of aromatic nitrogens is 2. The quantitative estimate of drug-likeness (QED) is 0.865. The number of likely N-dealkylation sites (tertiary alicyclic amines) is 1. The van der Waals surface area contributed by atoms with Gasteiger partial charge in [-0.05, 0) is 50.9 Å². The average Bonchev–Trinajstić information content (AvgIpc) is 3.10. The van der Waals surface area contributed by atoms with E-state index in [9.17, 15) is 9.59 Å². The highest BCUT2D eigenvalue weighted by Crippen LogP contribution is 2.10. The topological polar surface area (TPSA) is 67.2 Å². The van der Waals surface area contributed by atoms with Crippen LogP contribution in [0.4, 0.5) is 0 Å². The van der Waals surface area contributed by atoms with Crippen LogP contribution in [0.1, 0.15) is 25.6 Å². The molecule has 1 atom stereocenters. The summed E-state index contributed by atoms with van der Waals surface area (Å²) in [5.74, 6) is 0.814. The smallest absolute Gasteiger partial charge is 0.261 e. The molecule has 0 unspecified atom stereocenters. The normalized spacial score (nSPS) is 16.2. The molecule has 0 spiro atoms. The van der Waals surface area contributed by atoms with E-state index < -0.39 is 0 Å². The average molecular weight is 342 g/mol. The molecule has 1 aromatic carbocycles. The Morgan fingerprint density at radius 1 is 1.28 bits per heavy atom. The molecule has 0 bridgehead atoms. The maximum atomic E-state index is 12.6. The Hall–Kier alpha value is -2.21. The Morgan fingerprint density at radius 2 is 2.00 bits per heavy atom. The van der Waals surface area contributed by atoms with E-state index in [1.807, 2.05) is 18.2 Å². The molecule has 134 valence electrons. The van der Waals surface area contributed by atoms with Gasteiger partial charge in [-0.3, -0.25) is 14.2 Å². The van der Waals surface area contributed by atoms with Gasteiger partial charge in [0.2, 0.25) is 5.91 Å². The summed E-state index contributed by atoms with van der Waals surface area (Å²) >= 11 is 0. The van der Waals surface area contributed by atoms with Crippen molar-refractivity contribution < 1.29 is 4.79 Å². The van der Waals surface area contributed by atoms with Crippen LogP contribution < -0.4 is 10.9 Å². The van der Waals surface area contributed by atoms with Gasteiger partial charge in [-0.2, -0.15) is 0 Å². The minimum Gasteiger partial charge on any atom is -0.354 e. The molecule has 0 radical (unpaired) electrons. The summed E-state index contributed by atoms with van der Waals surface area (Å²) < 4.78 is 1.45. The third-order valence-electron chi connectivity index (χ3n) is 4.77. The maximum Gasteiger partial charge on any atom is 0.261 e. The van der Waals surface area contributed by atoms with E-state index in [-0.39, 0.29) is 18.0 Å². The van der Waals surface area contributed by atoms with Gasteiger partial charge in [0.25, 0.3) is 5.56 Å². The minimum absolute atomic E-state index is 0.0128. The van der Waals surface area contributed by atoms with Crippen molar-refractivity contribution in [3.8, 4) is 0 Å². The number of amides is 1. The molecule has 0 aliphatic carbocycles. The van der Waals surface area contributed by atoms with E-state index in [1.54, 1.807) is 13.0 Å². The molecule has 1 aromatic heterocycles. The van der Waals surface area contributed by atoms with Crippen LogP contribution in [0.3, 0.4) is 0 Å². The highest BCUT2D eigenvalue weighted by Gasteiger charge is 2.16. The van der Waals surface area contributed by atoms with E-state index in [0.717, 1.165) is 19.6 Å². The lowest BCUT2D eigenvalue weighted by atomic mass is 10.1. The molecule has 2 heterocycles. The van der Waals surface area contributed by atoms with Crippen LogP contribution in [0.25, 0.3) is 10.9 Å². The van der Waals surface area contributed by atoms with Crippen LogP contribution >= 0.6 is 0 Å². The molecule has 6 nitrogen and oxygen atoms in total. The second-order valence-corrected chi connectivity index (χ2v) is 6.98. The molecular weight excluding hydrogens is 316 g/mol. The number of carbonyl (C=O) groups is 1. The van der Waals surface area contributed by atoms with E-state index in [0.29, 0.717) is 29.2 Å². The lowest BCUT2D eigenvalue weighted by Gasteiger charge is -2.20. The minimum atomic E-state index is -0.164. The standard InChI is InChI=1S/C19H26N4O2/c1-14(12-22-9-5-6-10-22)11-20-18(24)13-23-15(2)21-17-8-4-3-7-16(17)19(23)25/h3-4,7-8,14H,5-6,9-13H2,1-2H3,(H,20,24)/t14-/m1/s1. The summed E-state index contributed by atoms with van der Waals surface area (Å²) in [5.41, 5.74) is 0.504. The van der Waals surface area contributed by atoms with Gasteiger partial charge in [-0.15, -0.1) is 0 Å². The fourth-order valence-electron chi connectivity index (χ4n) is 3.42. The first-order chi connectivity index (χ1) is 12.0. The van der Waals surface area contributed by atoms with Gasteiger partial charge in [0.1, 0.15) is 12.4 Å². The molecule has 3 rings (SSSR count). The second kappa shape index (κ2) is 7.78. The number of aryl methyl sites for hydroxylation is 1. The molecule has 1 fully saturated rings. The van der Waals surface area contributed by atoms with Crippen molar-refractivity contribution in [2.75, 3.05) is 26.2 Å². The van der Waals surface area contributed by atoms with Crippen LogP contribution in [0.15, 0.2) is 29.1 Å². The zero-order valence-electron chi connectivity index (χ0n) is 15.0. The number of hydrogen-bond donors (Lipinski definition) is 1. The predicted octanol–water partition coefficient (Wildman–Crippen LogP) is 1.55. The lowest BCUT2D eigenvalue weighted by Crippen LogP contribution is -2.38. The first kappa shape index (κ1) is 17.6. The SMILES string of the molecule is Cc1nc2ccccc2c(=O)n1CC(=O)NC[C@@H](C)CN1CCCC1. The Bertz CT molecular complexity index is 809. The summed E-state index contributed by atoms with van der Waals surface area (Å²) in [6.45, 7) is 7.88. The summed E-state index contributed by atoms with van der Waals surface area (Å²) in [7, 11) is 0. The monoisotopic (exact) mass is 342 g/mol. The number of nitrogens with one attached hydrogen (secondary N) is 1. The Balaban J connectivity index is 1.61. The summed E-state index contributed by atoms with van der Waals surface area (Å²) in [6, 6.07) is 7.23. The van der Waals surface area contributed by atoms with Crippen molar-refractivity contribution in [1.82, 2.24) is 19.8 Å². The van der Waals surface area contributed by atoms with Crippen LogP contribution in [-0.2, 0) is 11.3 Å². The van der Waals surface area contributed by atoms with Crippen LogP contribution in [-0.4, -0.2) is 46.5 Å². The fraction of sp³-hybridized carbons (Fsp3) is 0.526. The highest BCUT2D eigenvalue weighted by molar-refractivity contribution is 5.79. The van der Waals surface area contributed by atoms with E-state index >= 15 is 0 Å². The molecule has 1 aliphatic rings. The third kappa shape index (κ3) is 4.25. The van der Waals surface area contributed by atoms with Crippen molar-refractivity contribution in [2.24, 2.45) is 5.92 Å². The van der Waals surface area contributed by atoms with Gasteiger partial charge in [-0.1, -0.05) is 19.1 Å². The number of benzene rings is 1. The maximum absolute atomic E-state index is 12.6. The largest absolute Gasteiger partial charge is 0.354 e. The molecule has 1 N–H and O–H groups in total. The van der Waals surface area contributed by atoms with Crippen LogP contribution in [0, 0.1) is 12.8 Å². The molecule has 6 heteroatoms. The number of nitrogens with zero attached hydrogens (tertiary/aromatic N) is 3. The summed E-state index contributed by atoms with van der Waals surface area (Å²) in [4.78, 5) is 31.7. The Labute approximate surface area is 147 Å². The summed E-state index contributed by atoms with van der Waals surface area (Å²) in [6.07, 6.45) is 2.55. The first-order valence-electron chi connectivity index (χ1n) is 9.00.